The van der Waals surface area contributed by atoms with E-state index in [-0.39, 0.29) is 18.2 Å². The lowest BCUT2D eigenvalue weighted by Gasteiger charge is -2.38. The monoisotopic (exact) mass is 268 g/mol. The summed E-state index contributed by atoms with van der Waals surface area (Å²) >= 11 is 1.83. The van der Waals surface area contributed by atoms with Gasteiger partial charge in [-0.25, -0.2) is 0 Å². The molecule has 0 spiro atoms. The molecule has 0 radical (unpaired) electrons. The number of rotatable bonds is 4. The van der Waals surface area contributed by atoms with Gasteiger partial charge in [-0.05, 0) is 44.9 Å². The van der Waals surface area contributed by atoms with E-state index in [9.17, 15) is 5.11 Å². The molecule has 0 amide bonds. The van der Waals surface area contributed by atoms with E-state index in [1.807, 2.05) is 11.3 Å². The summed E-state index contributed by atoms with van der Waals surface area (Å²) in [7, 11) is 0. The molecule has 0 saturated carbocycles. The van der Waals surface area contributed by atoms with Crippen molar-refractivity contribution in [3.8, 4) is 0 Å². The third-order valence-electron chi connectivity index (χ3n) is 3.75. The van der Waals surface area contributed by atoms with Gasteiger partial charge in [0.05, 0.1) is 12.1 Å². The molecule has 2 rings (SSSR count). The molecule has 3 N–H and O–H groups in total. The standard InChI is InChI=1S/C14H24N2OS/c1-3-12(15)14(13-7-6-10(2)18-13)16-8-4-5-11(17)9-16/h6-7,11-12,14,17H,3-5,8-9,15H2,1-2H3. The zero-order chi connectivity index (χ0) is 13.1. The number of nitrogens with two attached hydrogens (primary N) is 1. The van der Waals surface area contributed by atoms with Gasteiger partial charge in [-0.3, -0.25) is 4.90 Å². The van der Waals surface area contributed by atoms with E-state index < -0.39 is 0 Å². The fraction of sp³-hybridized carbons (Fsp3) is 0.714. The van der Waals surface area contributed by atoms with Gasteiger partial charge >= 0.3 is 0 Å². The minimum atomic E-state index is -0.189. The van der Waals surface area contributed by atoms with Crippen LogP contribution in [0.5, 0.6) is 0 Å². The Morgan fingerprint density at radius 3 is 2.89 bits per heavy atom. The predicted molar refractivity (Wildman–Crippen MR) is 76.9 cm³/mol. The fourth-order valence-corrected chi connectivity index (χ4v) is 3.82. The highest BCUT2D eigenvalue weighted by Crippen LogP contribution is 2.32. The van der Waals surface area contributed by atoms with Crippen molar-refractivity contribution in [2.45, 2.75) is 51.3 Å². The maximum absolute atomic E-state index is 9.86. The Kier molecular flexibility index (Phi) is 4.78. The third kappa shape index (κ3) is 3.12. The molecule has 1 aliphatic heterocycles. The summed E-state index contributed by atoms with van der Waals surface area (Å²) in [6.45, 7) is 6.08. The van der Waals surface area contributed by atoms with Crippen molar-refractivity contribution in [1.82, 2.24) is 4.90 Å². The Morgan fingerprint density at radius 1 is 1.56 bits per heavy atom. The van der Waals surface area contributed by atoms with Crippen molar-refractivity contribution in [3.05, 3.63) is 21.9 Å². The van der Waals surface area contributed by atoms with E-state index in [0.717, 1.165) is 32.4 Å². The molecule has 102 valence electrons. The molecule has 2 heterocycles. The van der Waals surface area contributed by atoms with Gasteiger partial charge in [0.25, 0.3) is 0 Å². The van der Waals surface area contributed by atoms with Crippen LogP contribution in [0.3, 0.4) is 0 Å². The fourth-order valence-electron chi connectivity index (χ4n) is 2.73. The normalized spacial score (nSPS) is 25.0. The average molecular weight is 268 g/mol. The number of nitrogens with zero attached hydrogens (tertiary/aromatic N) is 1. The number of thiophene rings is 1. The predicted octanol–water partition coefficient (Wildman–Crippen LogP) is 2.29. The first-order valence-corrected chi connectivity index (χ1v) is 7.67. The molecule has 3 atom stereocenters. The minimum Gasteiger partial charge on any atom is -0.392 e. The van der Waals surface area contributed by atoms with Crippen LogP contribution in [-0.4, -0.2) is 35.2 Å². The summed E-state index contributed by atoms with van der Waals surface area (Å²) in [6.07, 6.45) is 2.77. The van der Waals surface area contributed by atoms with Crippen LogP contribution in [0.2, 0.25) is 0 Å². The molecule has 0 aromatic carbocycles. The summed E-state index contributed by atoms with van der Waals surface area (Å²) in [5, 5.41) is 9.86. The number of aliphatic hydroxyl groups is 1. The highest BCUT2D eigenvalue weighted by Gasteiger charge is 2.30. The molecule has 4 heteroatoms. The average Bonchev–Trinajstić information content (AvgIpc) is 2.76. The molecule has 18 heavy (non-hydrogen) atoms. The second-order valence-corrected chi connectivity index (χ2v) is 6.58. The number of likely N-dealkylation sites (tertiary alicyclic amines) is 1. The zero-order valence-corrected chi connectivity index (χ0v) is 12.1. The summed E-state index contributed by atoms with van der Waals surface area (Å²) in [6, 6.07) is 4.77. The van der Waals surface area contributed by atoms with Crippen molar-refractivity contribution in [2.24, 2.45) is 5.73 Å². The molecular formula is C14H24N2OS. The molecule has 0 aliphatic carbocycles. The van der Waals surface area contributed by atoms with E-state index in [0.29, 0.717) is 0 Å². The lowest BCUT2D eigenvalue weighted by molar-refractivity contribution is 0.0394. The van der Waals surface area contributed by atoms with Crippen LogP contribution in [-0.2, 0) is 0 Å². The second kappa shape index (κ2) is 6.15. The number of aryl methyl sites for hydroxylation is 1. The van der Waals surface area contributed by atoms with Crippen LogP contribution >= 0.6 is 11.3 Å². The van der Waals surface area contributed by atoms with Gasteiger partial charge in [-0.1, -0.05) is 6.92 Å². The van der Waals surface area contributed by atoms with Crippen LogP contribution in [0.1, 0.15) is 42.0 Å². The van der Waals surface area contributed by atoms with Gasteiger partial charge in [0.1, 0.15) is 0 Å². The molecule has 1 aliphatic rings. The summed E-state index contributed by atoms with van der Waals surface area (Å²) in [5.41, 5.74) is 6.32. The van der Waals surface area contributed by atoms with Gasteiger partial charge in [-0.2, -0.15) is 0 Å². The second-order valence-electron chi connectivity index (χ2n) is 5.26. The molecule has 3 unspecified atom stereocenters. The lowest BCUT2D eigenvalue weighted by Crippen LogP contribution is -2.46. The Labute approximate surface area is 114 Å². The van der Waals surface area contributed by atoms with Crippen molar-refractivity contribution in [2.75, 3.05) is 13.1 Å². The number of piperidine rings is 1. The first-order chi connectivity index (χ1) is 8.61. The van der Waals surface area contributed by atoms with Crippen LogP contribution in [0.25, 0.3) is 0 Å². The first-order valence-electron chi connectivity index (χ1n) is 6.85. The number of hydrogen-bond acceptors (Lipinski definition) is 4. The van der Waals surface area contributed by atoms with Gasteiger partial charge in [0, 0.05) is 22.3 Å². The zero-order valence-electron chi connectivity index (χ0n) is 11.3. The molecular weight excluding hydrogens is 244 g/mol. The van der Waals surface area contributed by atoms with Gasteiger partial charge in [0.2, 0.25) is 0 Å². The Bertz CT molecular complexity index is 380. The molecule has 0 bridgehead atoms. The maximum atomic E-state index is 9.86. The Morgan fingerprint density at radius 2 is 2.33 bits per heavy atom. The highest BCUT2D eigenvalue weighted by molar-refractivity contribution is 7.12. The number of β-amino-alcohol motifs (C(OH)–C–C–N with tert-alkyl or cyclic N) is 1. The van der Waals surface area contributed by atoms with Gasteiger partial charge in [-0.15, -0.1) is 11.3 Å². The first kappa shape index (κ1) is 14.0. The van der Waals surface area contributed by atoms with E-state index >= 15 is 0 Å². The van der Waals surface area contributed by atoms with E-state index in [1.165, 1.54) is 9.75 Å². The van der Waals surface area contributed by atoms with Crippen LogP contribution < -0.4 is 5.73 Å². The molecule has 1 aromatic heterocycles. The molecule has 3 nitrogen and oxygen atoms in total. The van der Waals surface area contributed by atoms with Crippen LogP contribution in [0, 0.1) is 6.92 Å². The van der Waals surface area contributed by atoms with Crippen LogP contribution in [0.15, 0.2) is 12.1 Å². The Balaban J connectivity index is 2.19. The highest BCUT2D eigenvalue weighted by atomic mass is 32.1. The lowest BCUT2D eigenvalue weighted by atomic mass is 9.99. The van der Waals surface area contributed by atoms with E-state index in [2.05, 4.69) is 30.9 Å². The topological polar surface area (TPSA) is 49.5 Å². The van der Waals surface area contributed by atoms with Crippen molar-refractivity contribution >= 4 is 11.3 Å². The number of aliphatic hydroxyl groups excluding tert-OH is 1. The quantitative estimate of drug-likeness (QED) is 0.881. The molecule has 1 saturated heterocycles. The molecule has 1 fully saturated rings. The van der Waals surface area contributed by atoms with Gasteiger partial charge in [0.15, 0.2) is 0 Å². The summed E-state index contributed by atoms with van der Waals surface area (Å²) < 4.78 is 0. The summed E-state index contributed by atoms with van der Waals surface area (Å²) in [4.78, 5) is 5.04. The summed E-state index contributed by atoms with van der Waals surface area (Å²) in [5.74, 6) is 0. The smallest absolute Gasteiger partial charge is 0.0667 e. The largest absolute Gasteiger partial charge is 0.392 e. The number of hydrogen-bond donors (Lipinski definition) is 2. The van der Waals surface area contributed by atoms with Gasteiger partial charge < -0.3 is 10.8 Å². The molecule has 1 aromatic rings. The van der Waals surface area contributed by atoms with Crippen LogP contribution in [0.4, 0.5) is 0 Å². The van der Waals surface area contributed by atoms with Crippen molar-refractivity contribution in [1.29, 1.82) is 0 Å². The van der Waals surface area contributed by atoms with E-state index in [4.69, 9.17) is 5.73 Å². The van der Waals surface area contributed by atoms with Crippen molar-refractivity contribution in [3.63, 3.8) is 0 Å². The third-order valence-corrected chi connectivity index (χ3v) is 4.82. The minimum absolute atomic E-state index is 0.147. The SMILES string of the molecule is CCC(N)C(c1ccc(C)s1)N1CCCC(O)C1. The van der Waals surface area contributed by atoms with E-state index in [1.54, 1.807) is 0 Å². The Hall–Kier alpha value is -0.420. The maximum Gasteiger partial charge on any atom is 0.0667 e. The van der Waals surface area contributed by atoms with Crippen molar-refractivity contribution < 1.29 is 5.11 Å².